The number of benzene rings is 1. The molecular formula is C16H17ClFN5. The van der Waals surface area contributed by atoms with Crippen LogP contribution in [0.5, 0.6) is 0 Å². The molecule has 2 heterocycles. The number of aromatic amines is 1. The Bertz CT molecular complexity index is 813. The van der Waals surface area contributed by atoms with Crippen LogP contribution in [0.4, 0.5) is 4.39 Å². The number of rotatable bonds is 4. The SMILES string of the molecule is Cc1nc(Cc2c(C)n[nH]c2C)n(Cc2c(F)cccc2Cl)n1. The van der Waals surface area contributed by atoms with Crippen molar-refractivity contribution in [3.63, 3.8) is 0 Å². The van der Waals surface area contributed by atoms with Crippen molar-refractivity contribution in [3.05, 3.63) is 63.2 Å². The summed E-state index contributed by atoms with van der Waals surface area (Å²) in [4.78, 5) is 4.47. The van der Waals surface area contributed by atoms with Gasteiger partial charge in [-0.1, -0.05) is 17.7 Å². The molecule has 120 valence electrons. The number of nitrogens with zero attached hydrogens (tertiary/aromatic N) is 4. The van der Waals surface area contributed by atoms with E-state index in [0.29, 0.717) is 22.8 Å². The van der Waals surface area contributed by atoms with Gasteiger partial charge in [-0.05, 0) is 32.9 Å². The van der Waals surface area contributed by atoms with E-state index in [1.165, 1.54) is 6.07 Å². The Kier molecular flexibility index (Phi) is 4.17. The van der Waals surface area contributed by atoms with Crippen molar-refractivity contribution in [2.24, 2.45) is 0 Å². The summed E-state index contributed by atoms with van der Waals surface area (Å²) in [5.41, 5.74) is 3.43. The van der Waals surface area contributed by atoms with E-state index in [9.17, 15) is 4.39 Å². The van der Waals surface area contributed by atoms with Crippen LogP contribution < -0.4 is 0 Å². The molecule has 5 nitrogen and oxygen atoms in total. The first-order chi connectivity index (χ1) is 11.0. The second-order valence-corrected chi connectivity index (χ2v) is 5.93. The number of H-pyrrole nitrogens is 1. The van der Waals surface area contributed by atoms with Gasteiger partial charge in [0.2, 0.25) is 0 Å². The van der Waals surface area contributed by atoms with Gasteiger partial charge < -0.3 is 0 Å². The van der Waals surface area contributed by atoms with Crippen molar-refractivity contribution in [1.29, 1.82) is 0 Å². The Morgan fingerprint density at radius 2 is 2.00 bits per heavy atom. The van der Waals surface area contributed by atoms with Gasteiger partial charge in [-0.3, -0.25) is 5.10 Å². The van der Waals surface area contributed by atoms with E-state index in [4.69, 9.17) is 11.6 Å². The summed E-state index contributed by atoms with van der Waals surface area (Å²) in [5, 5.41) is 11.9. The van der Waals surface area contributed by atoms with Gasteiger partial charge in [0.25, 0.3) is 0 Å². The van der Waals surface area contributed by atoms with Crippen LogP contribution in [0.25, 0.3) is 0 Å². The molecule has 0 aliphatic carbocycles. The van der Waals surface area contributed by atoms with Crippen molar-refractivity contribution < 1.29 is 4.39 Å². The van der Waals surface area contributed by atoms with Crippen LogP contribution in [0, 0.1) is 26.6 Å². The second-order valence-electron chi connectivity index (χ2n) is 5.52. The highest BCUT2D eigenvalue weighted by Gasteiger charge is 2.16. The van der Waals surface area contributed by atoms with Crippen LogP contribution in [0.3, 0.4) is 0 Å². The largest absolute Gasteiger partial charge is 0.282 e. The van der Waals surface area contributed by atoms with Gasteiger partial charge in [0, 0.05) is 28.3 Å². The van der Waals surface area contributed by atoms with Crippen molar-refractivity contribution in [3.8, 4) is 0 Å². The zero-order valence-corrected chi connectivity index (χ0v) is 13.9. The summed E-state index contributed by atoms with van der Waals surface area (Å²) in [6, 6.07) is 4.66. The molecule has 0 bridgehead atoms. The highest BCUT2D eigenvalue weighted by molar-refractivity contribution is 6.31. The first-order valence-corrected chi connectivity index (χ1v) is 7.67. The highest BCUT2D eigenvalue weighted by atomic mass is 35.5. The van der Waals surface area contributed by atoms with Gasteiger partial charge in [-0.25, -0.2) is 14.1 Å². The van der Waals surface area contributed by atoms with Crippen LogP contribution in [-0.4, -0.2) is 25.0 Å². The number of hydrogen-bond donors (Lipinski definition) is 1. The van der Waals surface area contributed by atoms with Gasteiger partial charge in [0.1, 0.15) is 17.5 Å². The molecule has 0 unspecified atom stereocenters. The Morgan fingerprint density at radius 1 is 1.22 bits per heavy atom. The summed E-state index contributed by atoms with van der Waals surface area (Å²) in [5.74, 6) is 1.06. The van der Waals surface area contributed by atoms with E-state index >= 15 is 0 Å². The lowest BCUT2D eigenvalue weighted by Gasteiger charge is -2.09. The molecule has 0 spiro atoms. The molecule has 0 atom stereocenters. The van der Waals surface area contributed by atoms with Crippen molar-refractivity contribution in [1.82, 2.24) is 25.0 Å². The fraction of sp³-hybridized carbons (Fsp3) is 0.312. The molecule has 0 saturated heterocycles. The Morgan fingerprint density at radius 3 is 2.65 bits per heavy atom. The Balaban J connectivity index is 1.95. The normalized spacial score (nSPS) is 11.2. The minimum atomic E-state index is -0.340. The summed E-state index contributed by atoms with van der Waals surface area (Å²) < 4.78 is 15.7. The van der Waals surface area contributed by atoms with Gasteiger partial charge in [0.15, 0.2) is 0 Å². The molecule has 0 fully saturated rings. The smallest absolute Gasteiger partial charge is 0.147 e. The third kappa shape index (κ3) is 3.12. The minimum Gasteiger partial charge on any atom is -0.282 e. The third-order valence-electron chi connectivity index (χ3n) is 3.84. The molecule has 3 aromatic rings. The van der Waals surface area contributed by atoms with E-state index in [-0.39, 0.29) is 12.4 Å². The molecule has 7 heteroatoms. The average molecular weight is 334 g/mol. The lowest BCUT2D eigenvalue weighted by molar-refractivity contribution is 0.574. The van der Waals surface area contributed by atoms with E-state index in [0.717, 1.165) is 22.8 Å². The van der Waals surface area contributed by atoms with Crippen LogP contribution in [0.2, 0.25) is 5.02 Å². The fourth-order valence-corrected chi connectivity index (χ4v) is 2.81. The zero-order valence-electron chi connectivity index (χ0n) is 13.2. The van der Waals surface area contributed by atoms with Crippen molar-refractivity contribution in [2.45, 2.75) is 33.7 Å². The van der Waals surface area contributed by atoms with Crippen LogP contribution in [-0.2, 0) is 13.0 Å². The molecule has 0 radical (unpaired) electrons. The van der Waals surface area contributed by atoms with Gasteiger partial charge in [-0.2, -0.15) is 10.2 Å². The molecule has 0 aliphatic rings. The lowest BCUT2D eigenvalue weighted by atomic mass is 10.1. The van der Waals surface area contributed by atoms with Crippen molar-refractivity contribution >= 4 is 11.6 Å². The number of aromatic nitrogens is 5. The topological polar surface area (TPSA) is 59.4 Å². The molecule has 1 N–H and O–H groups in total. The standard InChI is InChI=1S/C16H17ClFN5/c1-9-12(10(2)21-20-9)7-16-19-11(3)22-23(16)8-13-14(17)5-4-6-15(13)18/h4-6H,7-8H2,1-3H3,(H,20,21). The molecular weight excluding hydrogens is 317 g/mol. The second kappa shape index (κ2) is 6.12. The molecule has 0 amide bonds. The zero-order chi connectivity index (χ0) is 16.6. The highest BCUT2D eigenvalue weighted by Crippen LogP contribution is 2.21. The van der Waals surface area contributed by atoms with Gasteiger partial charge in [0.05, 0.1) is 12.2 Å². The van der Waals surface area contributed by atoms with Gasteiger partial charge in [-0.15, -0.1) is 0 Å². The maximum Gasteiger partial charge on any atom is 0.147 e. The lowest BCUT2D eigenvalue weighted by Crippen LogP contribution is -2.10. The van der Waals surface area contributed by atoms with Gasteiger partial charge >= 0.3 is 0 Å². The molecule has 0 saturated carbocycles. The summed E-state index contributed by atoms with van der Waals surface area (Å²) in [6.07, 6.45) is 0.584. The third-order valence-corrected chi connectivity index (χ3v) is 4.19. The summed E-state index contributed by atoms with van der Waals surface area (Å²) >= 11 is 6.12. The van der Waals surface area contributed by atoms with Crippen LogP contribution in [0.15, 0.2) is 18.2 Å². The molecule has 0 aliphatic heterocycles. The Labute approximate surface area is 138 Å². The van der Waals surface area contributed by atoms with Crippen LogP contribution in [0.1, 0.15) is 34.2 Å². The van der Waals surface area contributed by atoms with E-state index in [1.54, 1.807) is 16.8 Å². The summed E-state index contributed by atoms with van der Waals surface area (Å²) in [6.45, 7) is 5.98. The number of nitrogens with one attached hydrogen (secondary N) is 1. The first kappa shape index (κ1) is 15.7. The number of halogens is 2. The first-order valence-electron chi connectivity index (χ1n) is 7.29. The fourth-order valence-electron chi connectivity index (χ4n) is 2.58. The van der Waals surface area contributed by atoms with E-state index in [2.05, 4.69) is 20.3 Å². The van der Waals surface area contributed by atoms with Crippen molar-refractivity contribution in [2.75, 3.05) is 0 Å². The monoisotopic (exact) mass is 333 g/mol. The van der Waals surface area contributed by atoms with Crippen LogP contribution >= 0.6 is 11.6 Å². The average Bonchev–Trinajstić information content (AvgIpc) is 3.00. The Hall–Kier alpha value is -2.21. The molecule has 1 aromatic carbocycles. The maximum atomic E-state index is 14.0. The minimum absolute atomic E-state index is 0.248. The quantitative estimate of drug-likeness (QED) is 0.796. The van der Waals surface area contributed by atoms with E-state index in [1.807, 2.05) is 20.8 Å². The maximum absolute atomic E-state index is 14.0. The predicted molar refractivity (Wildman–Crippen MR) is 86.1 cm³/mol. The number of hydrogen-bond acceptors (Lipinski definition) is 3. The molecule has 2 aromatic heterocycles. The van der Waals surface area contributed by atoms with E-state index < -0.39 is 0 Å². The molecule has 3 rings (SSSR count). The molecule has 23 heavy (non-hydrogen) atoms. The number of aryl methyl sites for hydroxylation is 3. The summed E-state index contributed by atoms with van der Waals surface area (Å²) in [7, 11) is 0. The predicted octanol–water partition coefficient (Wildman–Crippen LogP) is 3.36.